The molecule has 0 aromatic heterocycles. The Morgan fingerprint density at radius 2 is 1.82 bits per heavy atom. The molecular formula is C30H28BrN3O5S. The summed E-state index contributed by atoms with van der Waals surface area (Å²) in [6.07, 6.45) is 1.84. The Morgan fingerprint density at radius 1 is 1.07 bits per heavy atom. The maximum atomic E-state index is 13.6. The lowest BCUT2D eigenvalue weighted by atomic mass is 10.2. The van der Waals surface area contributed by atoms with E-state index in [-0.39, 0.29) is 18.4 Å². The van der Waals surface area contributed by atoms with Crippen molar-refractivity contribution < 1.29 is 23.8 Å². The minimum atomic E-state index is -0.122. The van der Waals surface area contributed by atoms with E-state index in [1.165, 1.54) is 11.8 Å². The number of nitrogens with zero attached hydrogens (tertiary/aromatic N) is 3. The molecule has 2 amide bonds. The summed E-state index contributed by atoms with van der Waals surface area (Å²) in [5, 5.41) is 0.610. The highest BCUT2D eigenvalue weighted by Gasteiger charge is 2.33. The number of benzene rings is 3. The first-order valence-corrected chi connectivity index (χ1v) is 14.4. The number of methoxy groups -OCH3 is 1. The van der Waals surface area contributed by atoms with Crippen LogP contribution in [0.15, 0.2) is 87.2 Å². The monoisotopic (exact) mass is 621 g/mol. The number of hydrogen-bond acceptors (Lipinski definition) is 7. The average Bonchev–Trinajstić information content (AvgIpc) is 3.26. The zero-order valence-electron chi connectivity index (χ0n) is 21.9. The molecule has 3 aromatic carbocycles. The van der Waals surface area contributed by atoms with Crippen LogP contribution in [0.25, 0.3) is 6.08 Å². The summed E-state index contributed by atoms with van der Waals surface area (Å²) in [5.41, 5.74) is 2.56. The normalized spacial score (nSPS) is 17.5. The van der Waals surface area contributed by atoms with Crippen LogP contribution in [0, 0.1) is 0 Å². The molecule has 0 saturated carbocycles. The largest absolute Gasteiger partial charge is 0.497 e. The third-order valence-electron chi connectivity index (χ3n) is 6.34. The molecule has 2 saturated heterocycles. The fraction of sp³-hybridized carbons (Fsp3) is 0.233. The Morgan fingerprint density at radius 3 is 2.52 bits per heavy atom. The van der Waals surface area contributed by atoms with Crippen molar-refractivity contribution in [3.63, 3.8) is 0 Å². The Bertz CT molecular complexity index is 1420. The predicted molar refractivity (Wildman–Crippen MR) is 160 cm³/mol. The second-order valence-electron chi connectivity index (χ2n) is 9.05. The van der Waals surface area contributed by atoms with Crippen LogP contribution >= 0.6 is 27.7 Å². The van der Waals surface area contributed by atoms with Gasteiger partial charge in [0.05, 0.1) is 41.9 Å². The summed E-state index contributed by atoms with van der Waals surface area (Å²) in [6, 6.07) is 22.7. The van der Waals surface area contributed by atoms with Gasteiger partial charge in [0.25, 0.3) is 11.8 Å². The van der Waals surface area contributed by atoms with Gasteiger partial charge in [0, 0.05) is 13.1 Å². The molecule has 2 fully saturated rings. The van der Waals surface area contributed by atoms with E-state index in [1.807, 2.05) is 72.8 Å². The average molecular weight is 623 g/mol. The number of halogens is 1. The number of thioether (sulfide) groups is 1. The summed E-state index contributed by atoms with van der Waals surface area (Å²) in [5.74, 6) is 1.12. The van der Waals surface area contributed by atoms with Gasteiger partial charge in [-0.05, 0) is 81.3 Å². The Kier molecular flexibility index (Phi) is 9.20. The van der Waals surface area contributed by atoms with Crippen LogP contribution in [0.1, 0.15) is 11.1 Å². The van der Waals surface area contributed by atoms with Gasteiger partial charge in [0.1, 0.15) is 11.5 Å². The van der Waals surface area contributed by atoms with E-state index in [2.05, 4.69) is 15.9 Å². The van der Waals surface area contributed by atoms with Crippen molar-refractivity contribution in [2.24, 2.45) is 4.99 Å². The lowest BCUT2D eigenvalue weighted by Crippen LogP contribution is -2.43. The van der Waals surface area contributed by atoms with Crippen molar-refractivity contribution in [2.75, 3.05) is 40.0 Å². The summed E-state index contributed by atoms with van der Waals surface area (Å²) >= 11 is 4.89. The third kappa shape index (κ3) is 6.93. The van der Waals surface area contributed by atoms with E-state index >= 15 is 0 Å². The molecule has 10 heteroatoms. The number of ether oxygens (including phenoxy) is 3. The number of carbonyl (C=O) groups excluding carboxylic acids is 2. The fourth-order valence-corrected chi connectivity index (χ4v) is 5.68. The highest BCUT2D eigenvalue weighted by Crippen LogP contribution is 2.36. The third-order valence-corrected chi connectivity index (χ3v) is 7.96. The smallest absolute Gasteiger partial charge is 0.267 e. The molecule has 8 nitrogen and oxygen atoms in total. The summed E-state index contributed by atoms with van der Waals surface area (Å²) < 4.78 is 17.0. The van der Waals surface area contributed by atoms with Gasteiger partial charge in [-0.1, -0.05) is 36.4 Å². The fourth-order valence-electron chi connectivity index (χ4n) is 4.18. The van der Waals surface area contributed by atoms with Gasteiger partial charge in [-0.2, -0.15) is 0 Å². The van der Waals surface area contributed by atoms with Crippen molar-refractivity contribution in [1.82, 2.24) is 9.80 Å². The zero-order chi connectivity index (χ0) is 27.9. The van der Waals surface area contributed by atoms with Crippen LogP contribution in [-0.4, -0.2) is 66.8 Å². The molecular weight excluding hydrogens is 594 g/mol. The van der Waals surface area contributed by atoms with Gasteiger partial charge in [-0.3, -0.25) is 14.5 Å². The lowest BCUT2D eigenvalue weighted by Gasteiger charge is -2.26. The maximum absolute atomic E-state index is 13.6. The summed E-state index contributed by atoms with van der Waals surface area (Å²) in [7, 11) is 1.62. The van der Waals surface area contributed by atoms with E-state index in [4.69, 9.17) is 19.2 Å². The molecule has 0 unspecified atom stereocenters. The van der Waals surface area contributed by atoms with Gasteiger partial charge in [0.2, 0.25) is 0 Å². The number of amides is 2. The van der Waals surface area contributed by atoms with Gasteiger partial charge in [-0.25, -0.2) is 4.99 Å². The number of aliphatic imine (C=N–C) groups is 1. The van der Waals surface area contributed by atoms with Gasteiger partial charge >= 0.3 is 0 Å². The van der Waals surface area contributed by atoms with E-state index in [9.17, 15) is 9.59 Å². The molecule has 0 radical (unpaired) electrons. The van der Waals surface area contributed by atoms with Crippen molar-refractivity contribution in [1.29, 1.82) is 0 Å². The van der Waals surface area contributed by atoms with E-state index in [1.54, 1.807) is 23.0 Å². The van der Waals surface area contributed by atoms with Gasteiger partial charge in [0.15, 0.2) is 11.8 Å². The second-order valence-corrected chi connectivity index (χ2v) is 10.9. The first kappa shape index (κ1) is 27.9. The van der Waals surface area contributed by atoms with E-state index < -0.39 is 0 Å². The Balaban J connectivity index is 1.33. The summed E-state index contributed by atoms with van der Waals surface area (Å²) in [4.78, 5) is 34.8. The molecule has 3 aromatic rings. The highest BCUT2D eigenvalue weighted by molar-refractivity contribution is 9.10. The number of para-hydroxylation sites is 1. The first-order chi connectivity index (χ1) is 19.5. The van der Waals surface area contributed by atoms with Crippen LogP contribution in [0.3, 0.4) is 0 Å². The minimum absolute atomic E-state index is 0.0486. The van der Waals surface area contributed by atoms with Crippen molar-refractivity contribution in [3.8, 4) is 11.5 Å². The number of carbonyl (C=O) groups is 2. The SMILES string of the molecule is COc1ccc(CN2C(=O)/C(=C/c3ccc(OCC(=O)N4CCOCC4)c(Br)c3)SC2=Nc2ccccc2)cc1. The van der Waals surface area contributed by atoms with E-state index in [0.717, 1.165) is 22.6 Å². The molecule has 0 aliphatic carbocycles. The molecule has 5 rings (SSSR count). The minimum Gasteiger partial charge on any atom is -0.497 e. The lowest BCUT2D eigenvalue weighted by molar-refractivity contribution is -0.137. The molecule has 0 atom stereocenters. The molecule has 2 heterocycles. The van der Waals surface area contributed by atoms with Crippen LogP contribution in [0.2, 0.25) is 0 Å². The molecule has 40 heavy (non-hydrogen) atoms. The van der Waals surface area contributed by atoms with Crippen LogP contribution in [0.5, 0.6) is 11.5 Å². The van der Waals surface area contributed by atoms with Crippen molar-refractivity contribution >= 4 is 56.4 Å². The molecule has 0 bridgehead atoms. The molecule has 2 aliphatic rings. The highest BCUT2D eigenvalue weighted by atomic mass is 79.9. The molecule has 206 valence electrons. The molecule has 0 N–H and O–H groups in total. The van der Waals surface area contributed by atoms with Crippen molar-refractivity contribution in [3.05, 3.63) is 93.3 Å². The number of morpholine rings is 1. The topological polar surface area (TPSA) is 80.7 Å². The number of hydrogen-bond donors (Lipinski definition) is 0. The van der Waals surface area contributed by atoms with Gasteiger partial charge in [-0.15, -0.1) is 0 Å². The quantitative estimate of drug-likeness (QED) is 0.309. The standard InChI is InChI=1S/C30H28BrN3O5S/c1-37-24-10-7-21(8-11-24)19-34-29(36)27(40-30(34)32-23-5-3-2-4-6-23)18-22-9-12-26(25(31)17-22)39-20-28(35)33-13-15-38-16-14-33/h2-12,17-18H,13-16,19-20H2,1H3/b27-18-,32-30?. The second kappa shape index (κ2) is 13.2. The first-order valence-electron chi connectivity index (χ1n) is 12.8. The van der Waals surface area contributed by atoms with Crippen LogP contribution < -0.4 is 9.47 Å². The van der Waals surface area contributed by atoms with Crippen LogP contribution in [-0.2, 0) is 20.9 Å². The Labute approximate surface area is 245 Å². The summed E-state index contributed by atoms with van der Waals surface area (Å²) in [6.45, 7) is 2.58. The molecule has 0 spiro atoms. The van der Waals surface area contributed by atoms with Gasteiger partial charge < -0.3 is 19.1 Å². The Hall–Kier alpha value is -3.60. The maximum Gasteiger partial charge on any atom is 0.267 e. The number of rotatable bonds is 8. The van der Waals surface area contributed by atoms with Crippen LogP contribution in [0.4, 0.5) is 5.69 Å². The van der Waals surface area contributed by atoms with E-state index in [0.29, 0.717) is 53.1 Å². The predicted octanol–water partition coefficient (Wildman–Crippen LogP) is 5.50. The van der Waals surface area contributed by atoms with Crippen molar-refractivity contribution in [2.45, 2.75) is 6.54 Å². The number of amidine groups is 1. The zero-order valence-corrected chi connectivity index (χ0v) is 24.3. The molecule has 2 aliphatic heterocycles.